The van der Waals surface area contributed by atoms with E-state index in [9.17, 15) is 4.79 Å². The number of nitrogens with one attached hydrogen (secondary N) is 1. The van der Waals surface area contributed by atoms with Crippen molar-refractivity contribution >= 4 is 29.1 Å². The zero-order chi connectivity index (χ0) is 14.8. The van der Waals surface area contributed by atoms with Gasteiger partial charge in [-0.3, -0.25) is 4.79 Å². The number of benzene rings is 2. The van der Waals surface area contributed by atoms with Crippen molar-refractivity contribution in [3.05, 3.63) is 63.6 Å². The molecule has 1 N–H and O–H groups in total. The first-order chi connectivity index (χ1) is 10.2. The lowest BCUT2D eigenvalue weighted by Gasteiger charge is -2.26. The van der Waals surface area contributed by atoms with Crippen LogP contribution in [0.15, 0.2) is 42.5 Å². The number of halogens is 2. The van der Waals surface area contributed by atoms with E-state index in [-0.39, 0.29) is 11.9 Å². The maximum atomic E-state index is 12.4. The van der Waals surface area contributed by atoms with Crippen LogP contribution in [0.2, 0.25) is 10.0 Å². The predicted molar refractivity (Wildman–Crippen MR) is 83.2 cm³/mol. The SMILES string of the molecule is O=C(N[C@@H]1CCOc2ccccc21)c1c(Cl)cccc1Cl. The molecular formula is C16H13Cl2NO2. The summed E-state index contributed by atoms with van der Waals surface area (Å²) < 4.78 is 5.58. The van der Waals surface area contributed by atoms with Crippen molar-refractivity contribution in [1.29, 1.82) is 0 Å². The number of para-hydroxylation sites is 1. The second-order valence-electron chi connectivity index (χ2n) is 4.80. The van der Waals surface area contributed by atoms with Gasteiger partial charge in [-0.15, -0.1) is 0 Å². The second kappa shape index (κ2) is 5.96. The molecule has 2 aromatic carbocycles. The summed E-state index contributed by atoms with van der Waals surface area (Å²) in [4.78, 5) is 12.4. The van der Waals surface area contributed by atoms with Crippen LogP contribution in [0.1, 0.15) is 28.4 Å². The third kappa shape index (κ3) is 2.85. The fourth-order valence-electron chi connectivity index (χ4n) is 2.44. The van der Waals surface area contributed by atoms with E-state index in [0.717, 1.165) is 11.3 Å². The van der Waals surface area contributed by atoms with Crippen LogP contribution in [-0.4, -0.2) is 12.5 Å². The van der Waals surface area contributed by atoms with Gasteiger partial charge >= 0.3 is 0 Å². The third-order valence-electron chi connectivity index (χ3n) is 3.45. The van der Waals surface area contributed by atoms with E-state index in [2.05, 4.69) is 5.32 Å². The first kappa shape index (κ1) is 14.2. The number of hydrogen-bond donors (Lipinski definition) is 1. The van der Waals surface area contributed by atoms with Crippen LogP contribution in [0, 0.1) is 0 Å². The van der Waals surface area contributed by atoms with E-state index in [0.29, 0.717) is 28.6 Å². The fraction of sp³-hybridized carbons (Fsp3) is 0.188. The molecule has 1 aliphatic rings. The lowest BCUT2D eigenvalue weighted by atomic mass is 10.00. The summed E-state index contributed by atoms with van der Waals surface area (Å²) in [7, 11) is 0. The Kier molecular flexibility index (Phi) is 4.04. The Morgan fingerprint density at radius 2 is 1.81 bits per heavy atom. The average Bonchev–Trinajstić information content (AvgIpc) is 2.47. The summed E-state index contributed by atoms with van der Waals surface area (Å²) in [5.41, 5.74) is 1.28. The van der Waals surface area contributed by atoms with Crippen molar-refractivity contribution in [3.8, 4) is 5.75 Å². The largest absolute Gasteiger partial charge is 0.493 e. The molecule has 0 spiro atoms. The van der Waals surface area contributed by atoms with Crippen molar-refractivity contribution < 1.29 is 9.53 Å². The maximum absolute atomic E-state index is 12.4. The Morgan fingerprint density at radius 3 is 2.57 bits per heavy atom. The van der Waals surface area contributed by atoms with Crippen LogP contribution >= 0.6 is 23.2 Å². The summed E-state index contributed by atoms with van der Waals surface area (Å²) in [6.07, 6.45) is 0.713. The highest BCUT2D eigenvalue weighted by atomic mass is 35.5. The number of fused-ring (bicyclic) bond motifs is 1. The molecule has 0 fully saturated rings. The first-order valence-electron chi connectivity index (χ1n) is 6.63. The summed E-state index contributed by atoms with van der Waals surface area (Å²) in [6.45, 7) is 0.568. The summed E-state index contributed by atoms with van der Waals surface area (Å²) in [5.74, 6) is 0.534. The molecule has 21 heavy (non-hydrogen) atoms. The van der Waals surface area contributed by atoms with E-state index >= 15 is 0 Å². The third-order valence-corrected chi connectivity index (χ3v) is 4.08. The summed E-state index contributed by atoms with van der Waals surface area (Å²) >= 11 is 12.1. The van der Waals surface area contributed by atoms with Crippen molar-refractivity contribution in [1.82, 2.24) is 5.32 Å². The minimum atomic E-state index is -0.271. The number of amides is 1. The maximum Gasteiger partial charge on any atom is 0.254 e. The molecule has 0 aliphatic carbocycles. The van der Waals surface area contributed by atoms with Gasteiger partial charge in [0, 0.05) is 12.0 Å². The Bertz CT molecular complexity index is 667. The van der Waals surface area contributed by atoms with Gasteiger partial charge in [-0.2, -0.15) is 0 Å². The smallest absolute Gasteiger partial charge is 0.254 e. The number of rotatable bonds is 2. The van der Waals surface area contributed by atoms with Crippen LogP contribution < -0.4 is 10.1 Å². The quantitative estimate of drug-likeness (QED) is 0.898. The van der Waals surface area contributed by atoms with E-state index in [1.807, 2.05) is 24.3 Å². The van der Waals surface area contributed by atoms with Gasteiger partial charge in [-0.1, -0.05) is 47.5 Å². The molecule has 1 heterocycles. The normalized spacial score (nSPS) is 16.8. The van der Waals surface area contributed by atoms with Crippen LogP contribution in [0.3, 0.4) is 0 Å². The molecule has 1 aliphatic heterocycles. The van der Waals surface area contributed by atoms with Gasteiger partial charge in [0.2, 0.25) is 0 Å². The molecule has 0 unspecified atom stereocenters. The topological polar surface area (TPSA) is 38.3 Å². The van der Waals surface area contributed by atoms with Crippen molar-refractivity contribution in [2.24, 2.45) is 0 Å². The van der Waals surface area contributed by atoms with E-state index in [1.54, 1.807) is 18.2 Å². The lowest BCUT2D eigenvalue weighted by molar-refractivity contribution is 0.0925. The summed E-state index contributed by atoms with van der Waals surface area (Å²) in [5, 5.41) is 3.68. The Hall–Kier alpha value is -1.71. The highest BCUT2D eigenvalue weighted by Crippen LogP contribution is 2.32. The minimum Gasteiger partial charge on any atom is -0.493 e. The number of ether oxygens (including phenoxy) is 1. The molecule has 0 bridgehead atoms. The molecule has 0 saturated carbocycles. The standard InChI is InChI=1S/C16H13Cl2NO2/c17-11-5-3-6-12(18)15(11)16(20)19-13-8-9-21-14-7-2-1-4-10(13)14/h1-7,13H,8-9H2,(H,19,20)/t13-/m1/s1. The van der Waals surface area contributed by atoms with E-state index < -0.39 is 0 Å². The van der Waals surface area contributed by atoms with Crippen LogP contribution in [0.25, 0.3) is 0 Å². The number of hydrogen-bond acceptors (Lipinski definition) is 2. The van der Waals surface area contributed by atoms with Gasteiger partial charge in [0.1, 0.15) is 5.75 Å². The molecule has 1 atom stereocenters. The number of carbonyl (C=O) groups excluding carboxylic acids is 1. The van der Waals surface area contributed by atoms with Gasteiger partial charge in [0.05, 0.1) is 28.3 Å². The van der Waals surface area contributed by atoms with Crippen molar-refractivity contribution in [3.63, 3.8) is 0 Å². The first-order valence-corrected chi connectivity index (χ1v) is 7.39. The predicted octanol–water partition coefficient (Wildman–Crippen LogP) is 4.25. The molecule has 0 radical (unpaired) electrons. The van der Waals surface area contributed by atoms with E-state index in [4.69, 9.17) is 27.9 Å². The minimum absolute atomic E-state index is 0.102. The van der Waals surface area contributed by atoms with Crippen molar-refractivity contribution in [2.45, 2.75) is 12.5 Å². The Morgan fingerprint density at radius 1 is 1.10 bits per heavy atom. The van der Waals surface area contributed by atoms with Gasteiger partial charge in [0.15, 0.2) is 0 Å². The zero-order valence-electron chi connectivity index (χ0n) is 11.1. The highest BCUT2D eigenvalue weighted by Gasteiger charge is 2.24. The van der Waals surface area contributed by atoms with E-state index in [1.165, 1.54) is 0 Å². The van der Waals surface area contributed by atoms with Crippen LogP contribution in [0.4, 0.5) is 0 Å². The zero-order valence-corrected chi connectivity index (χ0v) is 12.6. The van der Waals surface area contributed by atoms with Gasteiger partial charge in [-0.25, -0.2) is 0 Å². The van der Waals surface area contributed by atoms with Crippen LogP contribution in [-0.2, 0) is 0 Å². The molecule has 3 rings (SSSR count). The molecular weight excluding hydrogens is 309 g/mol. The fourth-order valence-corrected chi connectivity index (χ4v) is 3.01. The molecule has 0 saturated heterocycles. The second-order valence-corrected chi connectivity index (χ2v) is 5.61. The van der Waals surface area contributed by atoms with Crippen LogP contribution in [0.5, 0.6) is 5.75 Å². The molecule has 2 aromatic rings. The molecule has 1 amide bonds. The Labute approximate surface area is 132 Å². The van der Waals surface area contributed by atoms with Gasteiger partial charge in [0.25, 0.3) is 5.91 Å². The summed E-state index contributed by atoms with van der Waals surface area (Å²) in [6, 6.07) is 12.6. The Balaban J connectivity index is 1.86. The van der Waals surface area contributed by atoms with Crippen molar-refractivity contribution in [2.75, 3.05) is 6.61 Å². The molecule has 3 nitrogen and oxygen atoms in total. The molecule has 5 heteroatoms. The monoisotopic (exact) mass is 321 g/mol. The van der Waals surface area contributed by atoms with Gasteiger partial charge in [-0.05, 0) is 18.2 Å². The average molecular weight is 322 g/mol. The van der Waals surface area contributed by atoms with Gasteiger partial charge < -0.3 is 10.1 Å². The molecule has 108 valence electrons. The number of carbonyl (C=O) groups is 1. The lowest BCUT2D eigenvalue weighted by Crippen LogP contribution is -2.32. The molecule has 0 aromatic heterocycles. The highest BCUT2D eigenvalue weighted by molar-refractivity contribution is 6.39.